The maximum atomic E-state index is 13.6. The topological polar surface area (TPSA) is 227 Å². The number of para-hydroxylation sites is 1. The molecule has 4 amide bonds. The number of carbonyl (C=O) groups excluding carboxylic acids is 4. The van der Waals surface area contributed by atoms with Gasteiger partial charge in [0.1, 0.15) is 18.1 Å². The fraction of sp³-hybridized carbons (Fsp3) is 0.500. The smallest absolute Gasteiger partial charge is 0.326 e. The molecule has 0 bridgehead atoms. The van der Waals surface area contributed by atoms with E-state index in [1.165, 1.54) is 4.90 Å². The summed E-state index contributed by atoms with van der Waals surface area (Å²) in [6.07, 6.45) is 3.81. The standard InChI is InChI=1S/C26H37N7O6/c27-10-4-3-8-19(31-23(35)17(28)12-15-14-30-18-7-2-1-6-16(15)18)25(37)33-11-5-9-21(33)24(36)32-20(26(38)39)13-22(29)34/h1-2,6-7,14,17,19-21,30H,3-5,8-13,27-28H2,(H2,29,34)(H,31,35)(H,32,36)(H,38,39). The molecule has 0 aliphatic carbocycles. The second kappa shape index (κ2) is 13.7. The van der Waals surface area contributed by atoms with Crippen molar-refractivity contribution in [1.82, 2.24) is 20.5 Å². The minimum atomic E-state index is -1.50. The second-order valence-electron chi connectivity index (χ2n) is 9.78. The molecule has 13 heteroatoms. The Labute approximate surface area is 225 Å². The molecule has 2 aromatic rings. The lowest BCUT2D eigenvalue weighted by Crippen LogP contribution is -2.57. The highest BCUT2D eigenvalue weighted by atomic mass is 16.4. The van der Waals surface area contributed by atoms with Crippen molar-refractivity contribution in [1.29, 1.82) is 0 Å². The average Bonchev–Trinajstić information content (AvgIpc) is 3.55. The molecule has 212 valence electrons. The van der Waals surface area contributed by atoms with Gasteiger partial charge in [0.2, 0.25) is 23.6 Å². The Kier molecular flexibility index (Phi) is 10.4. The summed E-state index contributed by atoms with van der Waals surface area (Å²) < 4.78 is 0. The minimum Gasteiger partial charge on any atom is -0.480 e. The fourth-order valence-corrected chi connectivity index (χ4v) is 4.83. The van der Waals surface area contributed by atoms with Crippen LogP contribution in [0.2, 0.25) is 0 Å². The Hall–Kier alpha value is -3.97. The number of unbranched alkanes of at least 4 members (excludes halogenated alkanes) is 1. The van der Waals surface area contributed by atoms with Gasteiger partial charge < -0.3 is 42.8 Å². The normalized spacial score (nSPS) is 17.4. The van der Waals surface area contributed by atoms with Crippen LogP contribution in [0.3, 0.4) is 0 Å². The summed E-state index contributed by atoms with van der Waals surface area (Å²) >= 11 is 0. The number of aliphatic carboxylic acids is 1. The summed E-state index contributed by atoms with van der Waals surface area (Å²) in [5.74, 6) is -3.95. The molecule has 1 saturated heterocycles. The first-order valence-electron chi connectivity index (χ1n) is 13.0. The van der Waals surface area contributed by atoms with Crippen molar-refractivity contribution in [3.63, 3.8) is 0 Å². The Morgan fingerprint density at radius 2 is 1.85 bits per heavy atom. The number of carbonyl (C=O) groups is 5. The van der Waals surface area contributed by atoms with Crippen molar-refractivity contribution in [2.75, 3.05) is 13.1 Å². The monoisotopic (exact) mass is 543 g/mol. The van der Waals surface area contributed by atoms with Gasteiger partial charge >= 0.3 is 5.97 Å². The lowest BCUT2D eigenvalue weighted by atomic mass is 10.0. The average molecular weight is 544 g/mol. The molecule has 1 aromatic carbocycles. The number of amides is 4. The molecule has 3 rings (SSSR count). The predicted molar refractivity (Wildman–Crippen MR) is 143 cm³/mol. The first-order valence-corrected chi connectivity index (χ1v) is 13.0. The molecule has 4 unspecified atom stereocenters. The van der Waals surface area contributed by atoms with E-state index >= 15 is 0 Å². The van der Waals surface area contributed by atoms with E-state index in [4.69, 9.17) is 17.2 Å². The van der Waals surface area contributed by atoms with Crippen LogP contribution in [0, 0.1) is 0 Å². The molecular formula is C26H37N7O6. The SMILES string of the molecule is NCCCCC(NC(=O)C(N)Cc1c[nH]c2ccccc12)C(=O)N1CCCC1C(=O)NC(CC(N)=O)C(=O)O. The molecule has 1 aromatic heterocycles. The number of fused-ring (bicyclic) bond motifs is 1. The molecule has 0 spiro atoms. The van der Waals surface area contributed by atoms with Crippen LogP contribution in [0.5, 0.6) is 0 Å². The van der Waals surface area contributed by atoms with E-state index in [2.05, 4.69) is 15.6 Å². The largest absolute Gasteiger partial charge is 0.480 e. The summed E-state index contributed by atoms with van der Waals surface area (Å²) in [5.41, 5.74) is 18.7. The molecule has 0 radical (unpaired) electrons. The van der Waals surface area contributed by atoms with E-state index in [0.717, 1.165) is 16.5 Å². The fourth-order valence-electron chi connectivity index (χ4n) is 4.83. The van der Waals surface area contributed by atoms with Crippen molar-refractivity contribution in [3.05, 3.63) is 36.0 Å². The van der Waals surface area contributed by atoms with E-state index in [-0.39, 0.29) is 13.0 Å². The number of nitrogens with two attached hydrogens (primary N) is 3. The highest BCUT2D eigenvalue weighted by molar-refractivity contribution is 5.95. The number of rotatable bonds is 14. The van der Waals surface area contributed by atoms with Gasteiger partial charge in [0, 0.05) is 23.6 Å². The van der Waals surface area contributed by atoms with Crippen molar-refractivity contribution in [2.24, 2.45) is 17.2 Å². The number of primary amides is 1. The zero-order chi connectivity index (χ0) is 28.5. The lowest BCUT2D eigenvalue weighted by Gasteiger charge is -2.30. The molecule has 39 heavy (non-hydrogen) atoms. The number of hydrogen-bond acceptors (Lipinski definition) is 7. The van der Waals surface area contributed by atoms with E-state index in [9.17, 15) is 29.1 Å². The van der Waals surface area contributed by atoms with Crippen LogP contribution in [-0.2, 0) is 30.4 Å². The molecule has 1 fully saturated rings. The minimum absolute atomic E-state index is 0.255. The van der Waals surface area contributed by atoms with E-state index in [1.807, 2.05) is 24.3 Å². The summed E-state index contributed by atoms with van der Waals surface area (Å²) in [7, 11) is 0. The van der Waals surface area contributed by atoms with Crippen molar-refractivity contribution in [3.8, 4) is 0 Å². The van der Waals surface area contributed by atoms with Gasteiger partial charge in [-0.2, -0.15) is 0 Å². The van der Waals surface area contributed by atoms with Crippen LogP contribution in [0.1, 0.15) is 44.1 Å². The van der Waals surface area contributed by atoms with Crippen LogP contribution in [0.15, 0.2) is 30.5 Å². The second-order valence-corrected chi connectivity index (χ2v) is 9.78. The third-order valence-electron chi connectivity index (χ3n) is 6.87. The Balaban J connectivity index is 1.70. The number of aromatic amines is 1. The lowest BCUT2D eigenvalue weighted by molar-refractivity contribution is -0.146. The number of carboxylic acid groups (broad SMARTS) is 1. The van der Waals surface area contributed by atoms with Gasteiger partial charge in [-0.25, -0.2) is 4.79 Å². The number of hydrogen-bond donors (Lipinski definition) is 7. The van der Waals surface area contributed by atoms with Gasteiger partial charge in [-0.15, -0.1) is 0 Å². The molecule has 0 saturated carbocycles. The van der Waals surface area contributed by atoms with Crippen molar-refractivity contribution in [2.45, 2.75) is 69.1 Å². The summed E-state index contributed by atoms with van der Waals surface area (Å²) in [6.45, 7) is 0.676. The van der Waals surface area contributed by atoms with Crippen LogP contribution in [-0.4, -0.2) is 81.8 Å². The summed E-state index contributed by atoms with van der Waals surface area (Å²) in [6, 6.07) is 3.35. The number of likely N-dealkylation sites (tertiary alicyclic amines) is 1. The maximum Gasteiger partial charge on any atom is 0.326 e. The molecular weight excluding hydrogens is 506 g/mol. The third kappa shape index (κ3) is 7.77. The molecule has 13 nitrogen and oxygen atoms in total. The quantitative estimate of drug-likeness (QED) is 0.147. The van der Waals surface area contributed by atoms with Gasteiger partial charge in [0.15, 0.2) is 0 Å². The van der Waals surface area contributed by atoms with Crippen LogP contribution in [0.4, 0.5) is 0 Å². The van der Waals surface area contributed by atoms with Gasteiger partial charge in [-0.1, -0.05) is 18.2 Å². The molecule has 2 heterocycles. The van der Waals surface area contributed by atoms with Crippen LogP contribution >= 0.6 is 0 Å². The first kappa shape index (κ1) is 29.6. The number of benzene rings is 1. The van der Waals surface area contributed by atoms with Crippen molar-refractivity contribution >= 4 is 40.5 Å². The zero-order valence-electron chi connectivity index (χ0n) is 21.7. The van der Waals surface area contributed by atoms with E-state index < -0.39 is 60.2 Å². The first-order chi connectivity index (χ1) is 18.6. The molecule has 4 atom stereocenters. The summed E-state index contributed by atoms with van der Waals surface area (Å²) in [5, 5.41) is 15.3. The van der Waals surface area contributed by atoms with Crippen LogP contribution < -0.4 is 27.8 Å². The van der Waals surface area contributed by atoms with Crippen molar-refractivity contribution < 1.29 is 29.1 Å². The van der Waals surface area contributed by atoms with E-state index in [0.29, 0.717) is 38.6 Å². The third-order valence-corrected chi connectivity index (χ3v) is 6.87. The van der Waals surface area contributed by atoms with Gasteiger partial charge in [0.25, 0.3) is 0 Å². The molecule has 1 aliphatic rings. The zero-order valence-corrected chi connectivity index (χ0v) is 21.7. The number of nitrogens with one attached hydrogen (secondary N) is 3. The highest BCUT2D eigenvalue weighted by Crippen LogP contribution is 2.21. The van der Waals surface area contributed by atoms with Crippen LogP contribution in [0.25, 0.3) is 10.9 Å². The highest BCUT2D eigenvalue weighted by Gasteiger charge is 2.39. The predicted octanol–water partition coefficient (Wildman–Crippen LogP) is -0.913. The number of aromatic nitrogens is 1. The Morgan fingerprint density at radius 3 is 2.54 bits per heavy atom. The van der Waals surface area contributed by atoms with E-state index in [1.54, 1.807) is 6.20 Å². The summed E-state index contributed by atoms with van der Waals surface area (Å²) in [4.78, 5) is 66.7. The molecule has 1 aliphatic heterocycles. The maximum absolute atomic E-state index is 13.6. The van der Waals surface area contributed by atoms with Gasteiger partial charge in [-0.05, 0) is 56.7 Å². The number of H-pyrrole nitrogens is 1. The van der Waals surface area contributed by atoms with Gasteiger partial charge in [0.05, 0.1) is 12.5 Å². The van der Waals surface area contributed by atoms with Gasteiger partial charge in [-0.3, -0.25) is 19.2 Å². The Bertz CT molecular complexity index is 1200. The number of nitrogens with zero attached hydrogens (tertiary/aromatic N) is 1. The number of carboxylic acids is 1. The Morgan fingerprint density at radius 1 is 1.10 bits per heavy atom. The molecule has 10 N–H and O–H groups in total.